The molecule has 0 radical (unpaired) electrons. The molecule has 0 spiro atoms. The molecule has 0 bridgehead atoms. The summed E-state index contributed by atoms with van der Waals surface area (Å²) in [5.41, 5.74) is 0.948. The van der Waals surface area contributed by atoms with E-state index in [2.05, 4.69) is 26.0 Å². The van der Waals surface area contributed by atoms with E-state index in [0.717, 1.165) is 5.56 Å². The van der Waals surface area contributed by atoms with Crippen LogP contribution in [0.5, 0.6) is 0 Å². The fourth-order valence-corrected chi connectivity index (χ4v) is 3.61. The third kappa shape index (κ3) is 4.93. The Balaban J connectivity index is 2.79. The first-order valence-electron chi connectivity index (χ1n) is 5.77. The molecule has 2 N–H and O–H groups in total. The van der Waals surface area contributed by atoms with Gasteiger partial charge in [0.1, 0.15) is 0 Å². The monoisotopic (exact) mass is 348 g/mol. The topological polar surface area (TPSA) is 75.3 Å². The summed E-state index contributed by atoms with van der Waals surface area (Å²) >= 11 is 3.21. The van der Waals surface area contributed by atoms with Crippen LogP contribution in [0.4, 0.5) is 0 Å². The van der Waals surface area contributed by atoms with Crippen molar-refractivity contribution in [2.75, 3.05) is 6.54 Å². The molecule has 0 unspecified atom stereocenters. The van der Waals surface area contributed by atoms with Crippen molar-refractivity contribution in [1.82, 2.24) is 10.0 Å². The molecular formula is C12H17BrN2O3S. The van der Waals surface area contributed by atoms with E-state index in [-0.39, 0.29) is 23.4 Å². The molecule has 19 heavy (non-hydrogen) atoms. The second-order valence-electron chi connectivity index (χ2n) is 4.48. The van der Waals surface area contributed by atoms with Crippen molar-refractivity contribution in [2.24, 2.45) is 0 Å². The fourth-order valence-electron chi connectivity index (χ4n) is 1.44. The average molecular weight is 349 g/mol. The lowest BCUT2D eigenvalue weighted by molar-refractivity contribution is -0.120. The maximum Gasteiger partial charge on any atom is 0.242 e. The van der Waals surface area contributed by atoms with Gasteiger partial charge in [0.25, 0.3) is 0 Å². The van der Waals surface area contributed by atoms with E-state index in [0.29, 0.717) is 4.47 Å². The molecule has 1 rings (SSSR count). The van der Waals surface area contributed by atoms with Crippen molar-refractivity contribution in [2.45, 2.75) is 31.7 Å². The molecule has 1 amide bonds. The first-order valence-corrected chi connectivity index (χ1v) is 8.05. The molecule has 0 saturated carbocycles. The Kier molecular flexibility index (Phi) is 5.51. The number of sulfonamides is 1. The number of benzene rings is 1. The van der Waals surface area contributed by atoms with Gasteiger partial charge in [0.05, 0.1) is 11.4 Å². The standard InChI is InChI=1S/C12H17BrN2O3S/c1-8(2)15-12(16)7-14-19(17,18)11-5-4-9(3)6-10(11)13/h4-6,8,14H,7H2,1-3H3,(H,15,16). The Bertz CT molecular complexity index is 570. The first-order chi connectivity index (χ1) is 8.72. The van der Waals surface area contributed by atoms with Crippen molar-refractivity contribution in [1.29, 1.82) is 0 Å². The maximum atomic E-state index is 12.0. The van der Waals surface area contributed by atoms with Gasteiger partial charge in [-0.15, -0.1) is 0 Å². The summed E-state index contributed by atoms with van der Waals surface area (Å²) in [7, 11) is -3.70. The normalized spacial score (nSPS) is 11.6. The summed E-state index contributed by atoms with van der Waals surface area (Å²) < 4.78 is 26.8. The van der Waals surface area contributed by atoms with E-state index in [1.807, 2.05) is 20.8 Å². The summed E-state index contributed by atoms with van der Waals surface area (Å²) in [6, 6.07) is 4.89. The van der Waals surface area contributed by atoms with Crippen LogP contribution in [0.15, 0.2) is 27.6 Å². The van der Waals surface area contributed by atoms with Crippen molar-refractivity contribution >= 4 is 31.9 Å². The zero-order chi connectivity index (χ0) is 14.6. The first kappa shape index (κ1) is 16.1. The number of amides is 1. The number of nitrogens with one attached hydrogen (secondary N) is 2. The Morgan fingerprint density at radius 1 is 1.37 bits per heavy atom. The van der Waals surface area contributed by atoms with Gasteiger partial charge < -0.3 is 5.32 Å². The Hall–Kier alpha value is -0.920. The summed E-state index contributed by atoms with van der Waals surface area (Å²) in [6.45, 7) is 5.21. The van der Waals surface area contributed by atoms with Crippen LogP contribution in [0.1, 0.15) is 19.4 Å². The molecule has 0 aliphatic heterocycles. The van der Waals surface area contributed by atoms with E-state index < -0.39 is 10.0 Å². The van der Waals surface area contributed by atoms with Crippen molar-refractivity contribution in [3.63, 3.8) is 0 Å². The zero-order valence-corrected chi connectivity index (χ0v) is 13.4. The van der Waals surface area contributed by atoms with Gasteiger partial charge in [-0.25, -0.2) is 13.1 Å². The van der Waals surface area contributed by atoms with Crippen LogP contribution in [0, 0.1) is 6.92 Å². The minimum atomic E-state index is -3.70. The quantitative estimate of drug-likeness (QED) is 0.847. The number of halogens is 1. The largest absolute Gasteiger partial charge is 0.353 e. The van der Waals surface area contributed by atoms with Gasteiger partial charge in [0.15, 0.2) is 0 Å². The highest BCUT2D eigenvalue weighted by atomic mass is 79.9. The van der Waals surface area contributed by atoms with Crippen molar-refractivity contribution in [3.8, 4) is 0 Å². The molecule has 0 atom stereocenters. The van der Waals surface area contributed by atoms with E-state index in [1.54, 1.807) is 12.1 Å². The lowest BCUT2D eigenvalue weighted by Gasteiger charge is -2.11. The minimum absolute atomic E-state index is 0.0249. The lowest BCUT2D eigenvalue weighted by Crippen LogP contribution is -2.39. The second kappa shape index (κ2) is 6.49. The Morgan fingerprint density at radius 2 is 2.00 bits per heavy atom. The molecule has 0 aliphatic rings. The van der Waals surface area contributed by atoms with Crippen LogP contribution >= 0.6 is 15.9 Å². The number of carbonyl (C=O) groups is 1. The van der Waals surface area contributed by atoms with Gasteiger partial charge in [-0.2, -0.15) is 0 Å². The van der Waals surface area contributed by atoms with E-state index in [4.69, 9.17) is 0 Å². The molecule has 5 nitrogen and oxygen atoms in total. The highest BCUT2D eigenvalue weighted by Crippen LogP contribution is 2.22. The number of aryl methyl sites for hydroxylation is 1. The van der Waals surface area contributed by atoms with Gasteiger partial charge >= 0.3 is 0 Å². The van der Waals surface area contributed by atoms with Crippen LogP contribution < -0.4 is 10.0 Å². The molecule has 7 heteroatoms. The number of hydrogen-bond acceptors (Lipinski definition) is 3. The number of carbonyl (C=O) groups excluding carboxylic acids is 1. The highest BCUT2D eigenvalue weighted by molar-refractivity contribution is 9.10. The number of hydrogen-bond donors (Lipinski definition) is 2. The lowest BCUT2D eigenvalue weighted by atomic mass is 10.2. The van der Waals surface area contributed by atoms with E-state index in [1.165, 1.54) is 6.07 Å². The van der Waals surface area contributed by atoms with Crippen molar-refractivity contribution < 1.29 is 13.2 Å². The highest BCUT2D eigenvalue weighted by Gasteiger charge is 2.18. The zero-order valence-electron chi connectivity index (χ0n) is 11.0. The molecule has 1 aromatic carbocycles. The fraction of sp³-hybridized carbons (Fsp3) is 0.417. The summed E-state index contributed by atoms with van der Waals surface area (Å²) in [6.07, 6.45) is 0. The molecule has 0 fully saturated rings. The predicted octanol–water partition coefficient (Wildman–Crippen LogP) is 1.56. The third-order valence-electron chi connectivity index (χ3n) is 2.25. The van der Waals surface area contributed by atoms with E-state index >= 15 is 0 Å². The Labute approximate surface area is 122 Å². The van der Waals surface area contributed by atoms with Crippen LogP contribution in [0.3, 0.4) is 0 Å². The van der Waals surface area contributed by atoms with Crippen LogP contribution in [-0.2, 0) is 14.8 Å². The van der Waals surface area contributed by atoms with Gasteiger partial charge in [0.2, 0.25) is 15.9 Å². The van der Waals surface area contributed by atoms with Gasteiger partial charge in [-0.05, 0) is 54.4 Å². The molecule has 1 aromatic rings. The SMILES string of the molecule is Cc1ccc(S(=O)(=O)NCC(=O)NC(C)C)c(Br)c1. The molecule has 0 saturated heterocycles. The molecule has 0 heterocycles. The second-order valence-corrected chi connectivity index (χ2v) is 7.07. The molecule has 0 aliphatic carbocycles. The molecule has 0 aromatic heterocycles. The van der Waals surface area contributed by atoms with Gasteiger partial charge in [0, 0.05) is 10.5 Å². The van der Waals surface area contributed by atoms with Gasteiger partial charge in [-0.1, -0.05) is 6.07 Å². The predicted molar refractivity (Wildman–Crippen MR) is 77.3 cm³/mol. The summed E-state index contributed by atoms with van der Waals surface area (Å²) in [4.78, 5) is 11.5. The van der Waals surface area contributed by atoms with Crippen LogP contribution in [0.25, 0.3) is 0 Å². The smallest absolute Gasteiger partial charge is 0.242 e. The van der Waals surface area contributed by atoms with Crippen LogP contribution in [-0.4, -0.2) is 26.9 Å². The van der Waals surface area contributed by atoms with E-state index in [9.17, 15) is 13.2 Å². The molecule has 106 valence electrons. The number of rotatable bonds is 5. The minimum Gasteiger partial charge on any atom is -0.353 e. The van der Waals surface area contributed by atoms with Crippen molar-refractivity contribution in [3.05, 3.63) is 28.2 Å². The third-order valence-corrected chi connectivity index (χ3v) is 4.63. The van der Waals surface area contributed by atoms with Gasteiger partial charge in [-0.3, -0.25) is 4.79 Å². The summed E-state index contributed by atoms with van der Waals surface area (Å²) in [5.74, 6) is -0.359. The van der Waals surface area contributed by atoms with Crippen LogP contribution in [0.2, 0.25) is 0 Å². The average Bonchev–Trinajstić information content (AvgIpc) is 2.25. The molecular weight excluding hydrogens is 332 g/mol. The maximum absolute atomic E-state index is 12.0. The Morgan fingerprint density at radius 3 is 2.53 bits per heavy atom. The summed E-state index contributed by atoms with van der Waals surface area (Å²) in [5, 5.41) is 2.61.